The van der Waals surface area contributed by atoms with Gasteiger partial charge in [-0.3, -0.25) is 9.59 Å². The van der Waals surface area contributed by atoms with E-state index in [1.165, 1.54) is 7.11 Å². The van der Waals surface area contributed by atoms with Gasteiger partial charge in [0.25, 0.3) is 0 Å². The van der Waals surface area contributed by atoms with Gasteiger partial charge in [-0.2, -0.15) is 0 Å². The highest BCUT2D eigenvalue weighted by atomic mass is 32.1. The number of nitrogens with one attached hydrogen (secondary N) is 2. The van der Waals surface area contributed by atoms with Gasteiger partial charge < -0.3 is 21.1 Å². The van der Waals surface area contributed by atoms with Gasteiger partial charge in [0.2, 0.25) is 0 Å². The highest BCUT2D eigenvalue weighted by Crippen LogP contribution is 2.13. The molecule has 2 amide bonds. The van der Waals surface area contributed by atoms with Gasteiger partial charge >= 0.3 is 17.8 Å². The first kappa shape index (κ1) is 16.6. The van der Waals surface area contributed by atoms with Crippen LogP contribution in [0, 0.1) is 0 Å². The number of carbonyl (C=O) groups is 3. The third-order valence-electron chi connectivity index (χ3n) is 2.47. The molecule has 0 aliphatic heterocycles. The van der Waals surface area contributed by atoms with Gasteiger partial charge in [-0.25, -0.2) is 4.79 Å². The number of methoxy groups -OCH3 is 1. The van der Waals surface area contributed by atoms with Crippen molar-refractivity contribution in [3.8, 4) is 0 Å². The van der Waals surface area contributed by atoms with E-state index < -0.39 is 23.8 Å². The van der Waals surface area contributed by atoms with Crippen LogP contribution in [0.4, 0.5) is 0 Å². The van der Waals surface area contributed by atoms with Crippen molar-refractivity contribution in [3.05, 3.63) is 35.9 Å². The van der Waals surface area contributed by atoms with E-state index in [1.807, 2.05) is 0 Å². The molecule has 1 atom stereocenters. The number of carbonyl (C=O) groups excluding carboxylic acids is 3. The zero-order valence-corrected chi connectivity index (χ0v) is 12.1. The number of esters is 1. The summed E-state index contributed by atoms with van der Waals surface area (Å²) in [6, 6.07) is 7.35. The lowest BCUT2D eigenvalue weighted by Crippen LogP contribution is -2.45. The Hall–Kier alpha value is -2.48. The van der Waals surface area contributed by atoms with Gasteiger partial charge in [0, 0.05) is 0 Å². The maximum atomic E-state index is 11.7. The number of nitrogens with two attached hydrogens (primary N) is 1. The summed E-state index contributed by atoms with van der Waals surface area (Å²) < 4.78 is 4.62. The summed E-state index contributed by atoms with van der Waals surface area (Å²) in [4.78, 5) is 35.1. The van der Waals surface area contributed by atoms with E-state index in [4.69, 9.17) is 5.73 Å². The van der Waals surface area contributed by atoms with Crippen LogP contribution in [0.25, 0.3) is 0 Å². The molecule has 4 N–H and O–H groups in total. The lowest BCUT2D eigenvalue weighted by atomic mass is 10.1. The van der Waals surface area contributed by atoms with E-state index in [9.17, 15) is 14.4 Å². The predicted octanol–water partition coefficient (Wildman–Crippen LogP) is -0.581. The first-order valence-electron chi connectivity index (χ1n) is 5.95. The molecule has 8 heteroatoms. The molecule has 1 unspecified atom stereocenters. The van der Waals surface area contributed by atoms with Crippen molar-refractivity contribution in [2.24, 2.45) is 5.73 Å². The number of thiocarbonyl (C=S) groups is 1. The van der Waals surface area contributed by atoms with Crippen molar-refractivity contribution in [1.82, 2.24) is 10.6 Å². The third-order valence-corrected chi connectivity index (χ3v) is 2.62. The fourth-order valence-corrected chi connectivity index (χ4v) is 1.56. The minimum Gasteiger partial charge on any atom is -0.467 e. The summed E-state index contributed by atoms with van der Waals surface area (Å²) in [5.74, 6) is -2.60. The summed E-state index contributed by atoms with van der Waals surface area (Å²) in [6.07, 6.45) is 0. The maximum absolute atomic E-state index is 11.7. The molecule has 0 saturated heterocycles. The van der Waals surface area contributed by atoms with Crippen LogP contribution in [0.2, 0.25) is 0 Å². The molecule has 0 radical (unpaired) electrons. The number of ether oxygens (including phenoxy) is 1. The number of rotatable bonds is 5. The molecule has 0 aliphatic carbocycles. The van der Waals surface area contributed by atoms with Gasteiger partial charge in [-0.1, -0.05) is 42.5 Å². The molecular formula is C13H15N3O4S. The van der Waals surface area contributed by atoms with Crippen LogP contribution in [-0.2, 0) is 19.1 Å². The van der Waals surface area contributed by atoms with Crippen LogP contribution in [0.15, 0.2) is 30.3 Å². The average Bonchev–Trinajstić information content (AvgIpc) is 2.49. The number of benzene rings is 1. The fraction of sp³-hybridized carbons (Fsp3) is 0.231. The molecule has 0 aromatic heterocycles. The quantitative estimate of drug-likeness (QED) is 0.381. The second-order valence-corrected chi connectivity index (χ2v) is 4.51. The first-order valence-corrected chi connectivity index (χ1v) is 6.36. The normalized spacial score (nSPS) is 11.1. The molecular weight excluding hydrogens is 294 g/mol. The molecule has 1 aromatic rings. The van der Waals surface area contributed by atoms with Gasteiger partial charge in [0.1, 0.15) is 0 Å². The summed E-state index contributed by atoms with van der Waals surface area (Å²) in [6.45, 7) is -0.101. The minimum absolute atomic E-state index is 0.0451. The SMILES string of the molecule is COC(=O)C(NC(=O)C(=O)NCC(N)=S)c1ccccc1. The Morgan fingerprint density at radius 3 is 2.38 bits per heavy atom. The van der Waals surface area contributed by atoms with Crippen LogP contribution in [0.3, 0.4) is 0 Å². The molecule has 21 heavy (non-hydrogen) atoms. The van der Waals surface area contributed by atoms with Gasteiger partial charge in [0.05, 0.1) is 18.6 Å². The zero-order valence-electron chi connectivity index (χ0n) is 11.3. The summed E-state index contributed by atoms with van der Waals surface area (Å²) >= 11 is 4.58. The second-order valence-electron chi connectivity index (χ2n) is 3.99. The average molecular weight is 309 g/mol. The van der Waals surface area contributed by atoms with Crippen molar-refractivity contribution >= 4 is 35.0 Å². The van der Waals surface area contributed by atoms with Gasteiger partial charge in [0.15, 0.2) is 6.04 Å². The molecule has 1 aromatic carbocycles. The molecule has 0 aliphatic rings. The summed E-state index contributed by atoms with van der Waals surface area (Å²) in [7, 11) is 1.19. The number of hydrogen-bond donors (Lipinski definition) is 3. The number of hydrogen-bond acceptors (Lipinski definition) is 5. The molecule has 0 saturated carbocycles. The van der Waals surface area contributed by atoms with E-state index in [2.05, 4.69) is 27.6 Å². The summed E-state index contributed by atoms with van der Waals surface area (Å²) in [5, 5.41) is 4.52. The fourth-order valence-electron chi connectivity index (χ4n) is 1.49. The van der Waals surface area contributed by atoms with Crippen LogP contribution in [-0.4, -0.2) is 36.4 Å². The van der Waals surface area contributed by atoms with E-state index in [1.54, 1.807) is 30.3 Å². The smallest absolute Gasteiger partial charge is 0.333 e. The van der Waals surface area contributed by atoms with Crippen molar-refractivity contribution < 1.29 is 19.1 Å². The third kappa shape index (κ3) is 5.19. The highest BCUT2D eigenvalue weighted by Gasteiger charge is 2.26. The largest absolute Gasteiger partial charge is 0.467 e. The first-order chi connectivity index (χ1) is 9.95. The minimum atomic E-state index is -1.07. The molecule has 1 rings (SSSR count). The van der Waals surface area contributed by atoms with Crippen molar-refractivity contribution in [2.45, 2.75) is 6.04 Å². The van der Waals surface area contributed by atoms with E-state index in [0.29, 0.717) is 5.56 Å². The standard InChI is InChI=1S/C13H15N3O4S/c1-20-13(19)10(8-5-3-2-4-6-8)16-12(18)11(17)15-7-9(14)21/h2-6,10H,7H2,1H3,(H2,14,21)(H,15,17)(H,16,18). The van der Waals surface area contributed by atoms with Crippen LogP contribution in [0.5, 0.6) is 0 Å². The molecule has 0 fully saturated rings. The topological polar surface area (TPSA) is 111 Å². The van der Waals surface area contributed by atoms with E-state index >= 15 is 0 Å². The Morgan fingerprint density at radius 2 is 1.86 bits per heavy atom. The molecule has 0 spiro atoms. The number of amides is 2. The van der Waals surface area contributed by atoms with Crippen molar-refractivity contribution in [2.75, 3.05) is 13.7 Å². The van der Waals surface area contributed by atoms with Crippen LogP contribution < -0.4 is 16.4 Å². The predicted molar refractivity (Wildman–Crippen MR) is 79.1 cm³/mol. The highest BCUT2D eigenvalue weighted by molar-refractivity contribution is 7.80. The molecule has 112 valence electrons. The zero-order chi connectivity index (χ0) is 15.8. The van der Waals surface area contributed by atoms with Gasteiger partial charge in [-0.15, -0.1) is 0 Å². The van der Waals surface area contributed by atoms with E-state index in [-0.39, 0.29) is 11.5 Å². The van der Waals surface area contributed by atoms with Crippen molar-refractivity contribution in [3.63, 3.8) is 0 Å². The molecule has 0 bridgehead atoms. The molecule has 0 heterocycles. The Labute approximate surface area is 126 Å². The molecule has 7 nitrogen and oxygen atoms in total. The Balaban J connectivity index is 2.78. The van der Waals surface area contributed by atoms with Crippen molar-refractivity contribution in [1.29, 1.82) is 0 Å². The maximum Gasteiger partial charge on any atom is 0.333 e. The monoisotopic (exact) mass is 309 g/mol. The lowest BCUT2D eigenvalue weighted by molar-refractivity contribution is -0.147. The summed E-state index contributed by atoms with van der Waals surface area (Å²) in [5.41, 5.74) is 5.71. The van der Waals surface area contributed by atoms with Crippen LogP contribution in [0.1, 0.15) is 11.6 Å². The second kappa shape index (κ2) is 7.95. The van der Waals surface area contributed by atoms with Gasteiger partial charge in [-0.05, 0) is 5.56 Å². The van der Waals surface area contributed by atoms with E-state index in [0.717, 1.165) is 0 Å². The Kier molecular flexibility index (Phi) is 6.28. The lowest BCUT2D eigenvalue weighted by Gasteiger charge is -2.16. The van der Waals surface area contributed by atoms with Crippen LogP contribution >= 0.6 is 12.2 Å². The Bertz CT molecular complexity index is 548. The Morgan fingerprint density at radius 1 is 1.24 bits per heavy atom.